The lowest BCUT2D eigenvalue weighted by atomic mass is 10.4. The van der Waals surface area contributed by atoms with Crippen LogP contribution < -0.4 is 0 Å². The molecule has 86 valence electrons. The SMILES string of the molecule is C=CCS(CC=C)(CC=C)c1ccccc1. The highest BCUT2D eigenvalue weighted by molar-refractivity contribution is 8.34. The Morgan fingerprint density at radius 3 is 1.62 bits per heavy atom. The molecule has 0 aromatic heterocycles. The van der Waals surface area contributed by atoms with E-state index in [1.54, 1.807) is 0 Å². The minimum atomic E-state index is -0.880. The smallest absolute Gasteiger partial charge is 0.000485 e. The van der Waals surface area contributed by atoms with E-state index in [9.17, 15) is 0 Å². The third kappa shape index (κ3) is 2.89. The summed E-state index contributed by atoms with van der Waals surface area (Å²) in [6.07, 6.45) is 6.07. The molecule has 0 bridgehead atoms. The van der Waals surface area contributed by atoms with Gasteiger partial charge in [-0.15, -0.1) is 19.7 Å². The molecule has 0 amide bonds. The van der Waals surface area contributed by atoms with E-state index in [4.69, 9.17) is 0 Å². The molecule has 0 heterocycles. The lowest BCUT2D eigenvalue weighted by Gasteiger charge is -2.38. The summed E-state index contributed by atoms with van der Waals surface area (Å²) in [5.74, 6) is 3.11. The summed E-state index contributed by atoms with van der Waals surface area (Å²) in [5.41, 5.74) is 0. The quantitative estimate of drug-likeness (QED) is 0.611. The van der Waals surface area contributed by atoms with E-state index in [-0.39, 0.29) is 0 Å². The third-order valence-corrected chi connectivity index (χ3v) is 6.45. The summed E-state index contributed by atoms with van der Waals surface area (Å²) >= 11 is 0. The van der Waals surface area contributed by atoms with E-state index >= 15 is 0 Å². The molecule has 1 rings (SSSR count). The average Bonchev–Trinajstić information content (AvgIpc) is 2.31. The molecule has 0 unspecified atom stereocenters. The molecule has 0 saturated heterocycles. The van der Waals surface area contributed by atoms with Gasteiger partial charge in [0.05, 0.1) is 0 Å². The van der Waals surface area contributed by atoms with Crippen LogP contribution in [0.15, 0.2) is 73.2 Å². The Bertz CT molecular complexity index is 324. The molecule has 1 aromatic carbocycles. The van der Waals surface area contributed by atoms with Gasteiger partial charge >= 0.3 is 0 Å². The molecule has 0 atom stereocenters. The van der Waals surface area contributed by atoms with Crippen molar-refractivity contribution in [1.82, 2.24) is 0 Å². The second-order valence-corrected chi connectivity index (χ2v) is 7.29. The molecule has 0 aliphatic carbocycles. The molecule has 0 N–H and O–H groups in total. The summed E-state index contributed by atoms with van der Waals surface area (Å²) in [6.45, 7) is 11.7. The number of benzene rings is 1. The standard InChI is InChI=1S/C15H20S/c1-4-12-16(13-5-2,14-6-3)15-10-8-7-9-11-15/h4-11H,1-3,12-14H2. The lowest BCUT2D eigenvalue weighted by molar-refractivity contribution is 1.38. The molecule has 0 fully saturated rings. The van der Waals surface area contributed by atoms with Crippen molar-refractivity contribution in [2.75, 3.05) is 17.3 Å². The van der Waals surface area contributed by atoms with Crippen LogP contribution >= 0.6 is 10.0 Å². The average molecular weight is 232 g/mol. The van der Waals surface area contributed by atoms with Crippen LogP contribution in [0.5, 0.6) is 0 Å². The topological polar surface area (TPSA) is 0 Å². The van der Waals surface area contributed by atoms with E-state index in [0.29, 0.717) is 0 Å². The largest absolute Gasteiger partial charge is 0.204 e. The maximum absolute atomic E-state index is 3.89. The van der Waals surface area contributed by atoms with Gasteiger partial charge in [-0.05, 0) is 22.2 Å². The van der Waals surface area contributed by atoms with E-state index < -0.39 is 10.0 Å². The summed E-state index contributed by atoms with van der Waals surface area (Å²) in [5, 5.41) is 0. The van der Waals surface area contributed by atoms with Crippen LogP contribution in [0.1, 0.15) is 0 Å². The molecular weight excluding hydrogens is 212 g/mol. The zero-order valence-corrected chi connectivity index (χ0v) is 10.6. The van der Waals surface area contributed by atoms with Crippen LogP contribution in [-0.4, -0.2) is 17.3 Å². The van der Waals surface area contributed by atoms with E-state index in [1.165, 1.54) is 4.90 Å². The van der Waals surface area contributed by atoms with Gasteiger partial charge in [-0.25, -0.2) is 10.0 Å². The van der Waals surface area contributed by atoms with Gasteiger partial charge in [-0.1, -0.05) is 48.6 Å². The fraction of sp³-hybridized carbons (Fsp3) is 0.200. The second kappa shape index (κ2) is 6.39. The molecule has 1 aromatic rings. The van der Waals surface area contributed by atoms with Crippen molar-refractivity contribution in [3.63, 3.8) is 0 Å². The molecule has 0 aliphatic rings. The van der Waals surface area contributed by atoms with Gasteiger partial charge in [0, 0.05) is 0 Å². The maximum Gasteiger partial charge on any atom is -0.000485 e. The van der Waals surface area contributed by atoms with Crippen molar-refractivity contribution >= 4 is 10.0 Å². The van der Waals surface area contributed by atoms with Crippen LogP contribution in [-0.2, 0) is 0 Å². The highest BCUT2D eigenvalue weighted by Crippen LogP contribution is 2.55. The molecule has 0 spiro atoms. The monoisotopic (exact) mass is 232 g/mol. The van der Waals surface area contributed by atoms with Crippen molar-refractivity contribution in [1.29, 1.82) is 0 Å². The Kier molecular flexibility index (Phi) is 5.13. The van der Waals surface area contributed by atoms with Crippen LogP contribution in [0, 0.1) is 0 Å². The maximum atomic E-state index is 3.89. The van der Waals surface area contributed by atoms with Gasteiger partial charge in [0.25, 0.3) is 0 Å². The van der Waals surface area contributed by atoms with Crippen LogP contribution in [0.25, 0.3) is 0 Å². The molecule has 0 nitrogen and oxygen atoms in total. The Balaban J connectivity index is 3.13. The van der Waals surface area contributed by atoms with Gasteiger partial charge < -0.3 is 0 Å². The highest BCUT2D eigenvalue weighted by Gasteiger charge is 2.21. The second-order valence-electron chi connectivity index (χ2n) is 3.72. The van der Waals surface area contributed by atoms with Gasteiger partial charge in [0.15, 0.2) is 0 Å². The molecule has 1 heteroatoms. The fourth-order valence-electron chi connectivity index (χ4n) is 1.88. The van der Waals surface area contributed by atoms with Crippen LogP contribution in [0.4, 0.5) is 0 Å². The van der Waals surface area contributed by atoms with E-state index in [0.717, 1.165) is 17.3 Å². The molecular formula is C15H20S. The summed E-state index contributed by atoms with van der Waals surface area (Å²) < 4.78 is 0. The number of hydrogen-bond donors (Lipinski definition) is 0. The van der Waals surface area contributed by atoms with E-state index in [1.807, 2.05) is 18.2 Å². The van der Waals surface area contributed by atoms with Gasteiger partial charge in [-0.2, -0.15) is 0 Å². The first-order valence-corrected chi connectivity index (χ1v) is 7.57. The minimum Gasteiger partial charge on any atom is -0.204 e. The number of hydrogen-bond acceptors (Lipinski definition) is 0. The Morgan fingerprint density at radius 1 is 0.812 bits per heavy atom. The zero-order chi connectivity index (χ0) is 11.9. The highest BCUT2D eigenvalue weighted by atomic mass is 32.3. The fourth-order valence-corrected chi connectivity index (χ4v) is 4.95. The summed E-state index contributed by atoms with van der Waals surface area (Å²) in [6, 6.07) is 10.7. The summed E-state index contributed by atoms with van der Waals surface area (Å²) in [7, 11) is -0.880. The van der Waals surface area contributed by atoms with Crippen molar-refractivity contribution in [3.8, 4) is 0 Å². The van der Waals surface area contributed by atoms with Gasteiger partial charge in [-0.3, -0.25) is 0 Å². The number of rotatable bonds is 7. The summed E-state index contributed by atoms with van der Waals surface area (Å²) in [4.78, 5) is 1.43. The Labute approximate surface area is 101 Å². The predicted molar refractivity (Wildman–Crippen MR) is 77.5 cm³/mol. The van der Waals surface area contributed by atoms with Crippen LogP contribution in [0.2, 0.25) is 0 Å². The predicted octanol–water partition coefficient (Wildman–Crippen LogP) is 4.41. The lowest BCUT2D eigenvalue weighted by Crippen LogP contribution is -2.11. The van der Waals surface area contributed by atoms with Gasteiger partial charge in [0.2, 0.25) is 0 Å². The molecule has 0 aliphatic heterocycles. The first-order chi connectivity index (χ1) is 7.79. The Morgan fingerprint density at radius 2 is 1.25 bits per heavy atom. The Hall–Kier alpha value is -1.21. The first-order valence-electron chi connectivity index (χ1n) is 5.43. The van der Waals surface area contributed by atoms with Crippen molar-refractivity contribution in [2.24, 2.45) is 0 Å². The zero-order valence-electron chi connectivity index (χ0n) is 9.77. The molecule has 0 radical (unpaired) electrons. The van der Waals surface area contributed by atoms with Crippen molar-refractivity contribution in [3.05, 3.63) is 68.3 Å². The molecule has 0 saturated carbocycles. The van der Waals surface area contributed by atoms with Gasteiger partial charge in [0.1, 0.15) is 0 Å². The van der Waals surface area contributed by atoms with Crippen molar-refractivity contribution < 1.29 is 0 Å². The first kappa shape index (κ1) is 12.9. The molecule has 16 heavy (non-hydrogen) atoms. The van der Waals surface area contributed by atoms with Crippen molar-refractivity contribution in [2.45, 2.75) is 4.90 Å². The van der Waals surface area contributed by atoms with E-state index in [2.05, 4.69) is 50.1 Å². The third-order valence-electron chi connectivity index (χ3n) is 2.55. The normalized spacial score (nSPS) is 11.8. The van der Waals surface area contributed by atoms with Crippen LogP contribution in [0.3, 0.4) is 0 Å². The minimum absolute atomic E-state index is 0.880.